The molecule has 2 nitrogen and oxygen atoms in total. The van der Waals surface area contributed by atoms with Gasteiger partial charge in [0.05, 0.1) is 0 Å². The molecule has 1 aromatic carbocycles. The zero-order valence-corrected chi connectivity index (χ0v) is 5.88. The first kappa shape index (κ1) is 10.7. The molecule has 0 aliphatic heterocycles. The van der Waals surface area contributed by atoms with Crippen LogP contribution in [0.15, 0.2) is 24.3 Å². The number of benzene rings is 1. The topological polar surface area (TPSA) is 52.0 Å². The molecule has 0 bridgehead atoms. The van der Waals surface area contributed by atoms with E-state index in [1.54, 1.807) is 0 Å². The Labute approximate surface area is 77.7 Å². The van der Waals surface area contributed by atoms with E-state index in [0.717, 1.165) is 11.1 Å². The molecule has 0 radical (unpaired) electrons. The first-order chi connectivity index (χ1) is 4.86. The van der Waals surface area contributed by atoms with Crippen molar-refractivity contribution in [2.24, 2.45) is 11.5 Å². The summed E-state index contributed by atoms with van der Waals surface area (Å²) in [6.45, 7) is 1.18. The fourth-order valence-electron chi connectivity index (χ4n) is 0.884. The summed E-state index contributed by atoms with van der Waals surface area (Å²) in [5, 5.41) is 0. The lowest BCUT2D eigenvalue weighted by Crippen LogP contribution is -2.00. The number of nitrogens with two attached hydrogens (primary N) is 2. The Hall–Kier alpha value is -0.328. The van der Waals surface area contributed by atoms with E-state index in [2.05, 4.69) is 0 Å². The van der Waals surface area contributed by atoms with Crippen molar-refractivity contribution < 1.29 is 0 Å². The SMILES string of the molecule is NCc1cccc(CN)c1.[AlH3]. The minimum Gasteiger partial charge on any atom is -0.326 e. The lowest BCUT2D eigenvalue weighted by Gasteiger charge is -1.98. The largest absolute Gasteiger partial charge is 0.326 e. The Morgan fingerprint density at radius 3 is 1.82 bits per heavy atom. The summed E-state index contributed by atoms with van der Waals surface area (Å²) in [7, 11) is 0. The number of hydrogen-bond acceptors (Lipinski definition) is 2. The lowest BCUT2D eigenvalue weighted by molar-refractivity contribution is 1.03. The second-order valence-electron chi connectivity index (χ2n) is 2.23. The summed E-state index contributed by atoms with van der Waals surface area (Å²) < 4.78 is 0. The minimum atomic E-state index is 0. The van der Waals surface area contributed by atoms with Crippen molar-refractivity contribution >= 4 is 17.4 Å². The van der Waals surface area contributed by atoms with Gasteiger partial charge in [-0.1, -0.05) is 24.3 Å². The molecule has 0 saturated carbocycles. The van der Waals surface area contributed by atoms with E-state index in [0.29, 0.717) is 13.1 Å². The Morgan fingerprint density at radius 1 is 1.00 bits per heavy atom. The maximum Gasteiger partial charge on any atom is 0.187 e. The monoisotopic (exact) mass is 166 g/mol. The molecule has 1 rings (SSSR count). The summed E-state index contributed by atoms with van der Waals surface area (Å²) in [6.07, 6.45) is 0. The highest BCUT2D eigenvalue weighted by molar-refractivity contribution is 5.75. The maximum atomic E-state index is 5.43. The van der Waals surface area contributed by atoms with Crippen molar-refractivity contribution in [3.8, 4) is 0 Å². The summed E-state index contributed by atoms with van der Waals surface area (Å²) in [6, 6.07) is 8.00. The van der Waals surface area contributed by atoms with Crippen LogP contribution in [0.4, 0.5) is 0 Å². The van der Waals surface area contributed by atoms with Gasteiger partial charge < -0.3 is 11.5 Å². The first-order valence-electron chi connectivity index (χ1n) is 3.34. The molecule has 0 aliphatic rings. The molecule has 60 valence electrons. The van der Waals surface area contributed by atoms with Gasteiger partial charge in [0.2, 0.25) is 0 Å². The standard InChI is InChI=1S/C8H12N2.Al.3H/c9-5-7-2-1-3-8(4-7)6-10;;;;/h1-4H,5-6,9-10H2;;;;. The average molecular weight is 166 g/mol. The predicted octanol–water partition coefficient (Wildman–Crippen LogP) is -0.580. The van der Waals surface area contributed by atoms with Crippen LogP contribution in [0, 0.1) is 0 Å². The van der Waals surface area contributed by atoms with Gasteiger partial charge in [0, 0.05) is 13.1 Å². The second-order valence-corrected chi connectivity index (χ2v) is 2.23. The molecule has 0 amide bonds. The van der Waals surface area contributed by atoms with Crippen LogP contribution in [0.25, 0.3) is 0 Å². The minimum absolute atomic E-state index is 0. The summed E-state index contributed by atoms with van der Waals surface area (Å²) in [5.74, 6) is 0. The van der Waals surface area contributed by atoms with Crippen LogP contribution < -0.4 is 11.5 Å². The van der Waals surface area contributed by atoms with E-state index < -0.39 is 0 Å². The van der Waals surface area contributed by atoms with Gasteiger partial charge in [-0.25, -0.2) is 0 Å². The van der Waals surface area contributed by atoms with E-state index in [4.69, 9.17) is 11.5 Å². The zero-order valence-electron chi connectivity index (χ0n) is 5.88. The lowest BCUT2D eigenvalue weighted by atomic mass is 10.1. The molecule has 0 heterocycles. The molecular formula is C8H15AlN2. The highest BCUT2D eigenvalue weighted by Crippen LogP contribution is 2.02. The van der Waals surface area contributed by atoms with Crippen LogP contribution in [-0.2, 0) is 13.1 Å². The van der Waals surface area contributed by atoms with Crippen molar-refractivity contribution in [3.63, 3.8) is 0 Å². The van der Waals surface area contributed by atoms with Gasteiger partial charge in [-0.2, -0.15) is 0 Å². The van der Waals surface area contributed by atoms with Crippen LogP contribution >= 0.6 is 0 Å². The Balaban J connectivity index is 0.000001000. The molecule has 0 atom stereocenters. The van der Waals surface area contributed by atoms with Crippen LogP contribution in [0.2, 0.25) is 0 Å². The smallest absolute Gasteiger partial charge is 0.187 e. The van der Waals surface area contributed by atoms with E-state index in [9.17, 15) is 0 Å². The van der Waals surface area contributed by atoms with Crippen molar-refractivity contribution in [1.29, 1.82) is 0 Å². The molecular weight excluding hydrogens is 151 g/mol. The highest BCUT2D eigenvalue weighted by Gasteiger charge is 1.89. The third kappa shape index (κ3) is 3.05. The maximum absolute atomic E-state index is 5.43. The van der Waals surface area contributed by atoms with Crippen molar-refractivity contribution in [1.82, 2.24) is 0 Å². The van der Waals surface area contributed by atoms with E-state index in [-0.39, 0.29) is 17.4 Å². The van der Waals surface area contributed by atoms with Crippen LogP contribution in [-0.4, -0.2) is 17.4 Å². The highest BCUT2D eigenvalue weighted by atomic mass is 27.0. The van der Waals surface area contributed by atoms with E-state index in [1.807, 2.05) is 24.3 Å². The number of hydrogen-bond donors (Lipinski definition) is 2. The normalized spacial score (nSPS) is 8.91. The molecule has 0 saturated heterocycles. The number of rotatable bonds is 2. The molecule has 11 heavy (non-hydrogen) atoms. The summed E-state index contributed by atoms with van der Waals surface area (Å²) >= 11 is 0. The van der Waals surface area contributed by atoms with Gasteiger partial charge in [0.1, 0.15) is 0 Å². The van der Waals surface area contributed by atoms with Gasteiger partial charge in [-0.3, -0.25) is 0 Å². The second kappa shape index (κ2) is 5.34. The van der Waals surface area contributed by atoms with Crippen LogP contribution in [0.3, 0.4) is 0 Å². The van der Waals surface area contributed by atoms with Crippen molar-refractivity contribution in [2.45, 2.75) is 13.1 Å². The van der Waals surface area contributed by atoms with E-state index in [1.165, 1.54) is 0 Å². The van der Waals surface area contributed by atoms with Gasteiger partial charge in [0.15, 0.2) is 17.4 Å². The third-order valence-corrected chi connectivity index (χ3v) is 1.46. The predicted molar refractivity (Wildman–Crippen MR) is 52.2 cm³/mol. The molecule has 4 N–H and O–H groups in total. The van der Waals surface area contributed by atoms with Gasteiger partial charge in [-0.15, -0.1) is 0 Å². The zero-order chi connectivity index (χ0) is 7.40. The molecule has 3 heteroatoms. The van der Waals surface area contributed by atoms with Gasteiger partial charge in [0.25, 0.3) is 0 Å². The molecule has 0 fully saturated rings. The Kier molecular flexibility index (Phi) is 5.18. The Morgan fingerprint density at radius 2 is 1.45 bits per heavy atom. The van der Waals surface area contributed by atoms with Crippen molar-refractivity contribution in [3.05, 3.63) is 35.4 Å². The van der Waals surface area contributed by atoms with Crippen molar-refractivity contribution in [2.75, 3.05) is 0 Å². The molecule has 1 aromatic rings. The van der Waals surface area contributed by atoms with Crippen LogP contribution in [0.1, 0.15) is 11.1 Å². The Bertz CT molecular complexity index is 194. The fourth-order valence-corrected chi connectivity index (χ4v) is 0.884. The van der Waals surface area contributed by atoms with Crippen LogP contribution in [0.5, 0.6) is 0 Å². The quantitative estimate of drug-likeness (QED) is 0.577. The van der Waals surface area contributed by atoms with E-state index >= 15 is 0 Å². The van der Waals surface area contributed by atoms with Gasteiger partial charge in [-0.05, 0) is 11.1 Å². The third-order valence-electron chi connectivity index (χ3n) is 1.46. The van der Waals surface area contributed by atoms with Gasteiger partial charge >= 0.3 is 0 Å². The summed E-state index contributed by atoms with van der Waals surface area (Å²) in [4.78, 5) is 0. The molecule has 0 spiro atoms. The molecule has 0 aromatic heterocycles. The average Bonchev–Trinajstić information content (AvgIpc) is 2.05. The molecule has 0 aliphatic carbocycles. The summed E-state index contributed by atoms with van der Waals surface area (Å²) in [5.41, 5.74) is 13.1. The fraction of sp³-hybridized carbons (Fsp3) is 0.250. The molecule has 0 unspecified atom stereocenters. The first-order valence-corrected chi connectivity index (χ1v) is 3.34.